The smallest absolute Gasteiger partial charge is 0.331 e. The summed E-state index contributed by atoms with van der Waals surface area (Å²) in [6, 6.07) is 7.69. The first-order chi connectivity index (χ1) is 13.3. The third kappa shape index (κ3) is 6.67. The Labute approximate surface area is 162 Å². The van der Waals surface area contributed by atoms with E-state index in [0.717, 1.165) is 17.5 Å². The average Bonchev–Trinajstić information content (AvgIpc) is 2.99. The van der Waals surface area contributed by atoms with Gasteiger partial charge in [0.1, 0.15) is 0 Å². The highest BCUT2D eigenvalue weighted by atomic mass is 16.6. The highest BCUT2D eigenvalue weighted by Gasteiger charge is 2.06. The zero-order valence-electron chi connectivity index (χ0n) is 15.8. The largest absolute Gasteiger partial charge is 0.452 e. The van der Waals surface area contributed by atoms with Gasteiger partial charge in [-0.15, -0.1) is 0 Å². The molecule has 0 unspecified atom stereocenters. The van der Waals surface area contributed by atoms with E-state index in [1.807, 2.05) is 24.6 Å². The lowest BCUT2D eigenvalue weighted by Gasteiger charge is -2.07. The Morgan fingerprint density at radius 3 is 2.61 bits per heavy atom. The predicted octanol–water partition coefficient (Wildman–Crippen LogP) is 2.17. The Morgan fingerprint density at radius 2 is 2.00 bits per heavy atom. The van der Waals surface area contributed by atoms with Gasteiger partial charge >= 0.3 is 5.97 Å². The molecule has 28 heavy (non-hydrogen) atoms. The molecule has 0 atom stereocenters. The second kappa shape index (κ2) is 10.0. The number of hydrogen-bond acceptors (Lipinski definition) is 6. The van der Waals surface area contributed by atoms with Crippen LogP contribution >= 0.6 is 0 Å². The van der Waals surface area contributed by atoms with E-state index in [1.165, 1.54) is 30.3 Å². The second-order valence-electron chi connectivity index (χ2n) is 6.14. The molecule has 0 spiro atoms. The van der Waals surface area contributed by atoms with Gasteiger partial charge in [-0.3, -0.25) is 19.6 Å². The van der Waals surface area contributed by atoms with Crippen LogP contribution in [-0.2, 0) is 20.9 Å². The maximum Gasteiger partial charge on any atom is 0.331 e. The molecular formula is C19H22N4O5. The summed E-state index contributed by atoms with van der Waals surface area (Å²) in [5.74, 6) is -1.05. The van der Waals surface area contributed by atoms with Gasteiger partial charge in [0.15, 0.2) is 6.61 Å². The van der Waals surface area contributed by atoms with Crippen LogP contribution in [0.3, 0.4) is 0 Å². The minimum atomic E-state index is -0.670. The maximum atomic E-state index is 11.7. The van der Waals surface area contributed by atoms with E-state index in [1.54, 1.807) is 0 Å². The third-order valence-electron chi connectivity index (χ3n) is 3.83. The number of aryl methyl sites for hydroxylation is 3. The number of aromatic nitrogens is 2. The molecule has 0 aliphatic heterocycles. The van der Waals surface area contributed by atoms with E-state index in [9.17, 15) is 19.7 Å². The van der Waals surface area contributed by atoms with Gasteiger partial charge in [-0.05, 0) is 50.1 Å². The number of nitro groups is 1. The Bertz CT molecular complexity index is 871. The van der Waals surface area contributed by atoms with E-state index in [4.69, 9.17) is 4.74 Å². The fraction of sp³-hybridized carbons (Fsp3) is 0.316. The predicted molar refractivity (Wildman–Crippen MR) is 102 cm³/mol. The molecule has 1 N–H and O–H groups in total. The zero-order valence-corrected chi connectivity index (χ0v) is 15.8. The van der Waals surface area contributed by atoms with E-state index >= 15 is 0 Å². The average molecular weight is 386 g/mol. The number of nitrogens with zero attached hydrogens (tertiary/aromatic N) is 3. The SMILES string of the molecule is Cc1cc(C)n(CCCNC(=O)COC(=O)/C=C/c2ccc([N+](=O)[O-])cc2)n1. The molecule has 1 amide bonds. The molecule has 0 bridgehead atoms. The van der Waals surface area contributed by atoms with Crippen LogP contribution in [0.2, 0.25) is 0 Å². The van der Waals surface area contributed by atoms with Crippen molar-refractivity contribution in [3.63, 3.8) is 0 Å². The van der Waals surface area contributed by atoms with E-state index < -0.39 is 10.9 Å². The molecule has 0 aliphatic carbocycles. The number of nitrogens with one attached hydrogen (secondary N) is 1. The zero-order chi connectivity index (χ0) is 20.5. The Hall–Kier alpha value is -3.49. The van der Waals surface area contributed by atoms with Crippen LogP contribution in [-0.4, -0.2) is 39.7 Å². The fourth-order valence-electron chi connectivity index (χ4n) is 2.47. The van der Waals surface area contributed by atoms with Crippen LogP contribution in [0.15, 0.2) is 36.4 Å². The quantitative estimate of drug-likeness (QED) is 0.232. The minimum absolute atomic E-state index is 0.0331. The van der Waals surface area contributed by atoms with Crippen molar-refractivity contribution in [2.75, 3.05) is 13.2 Å². The van der Waals surface area contributed by atoms with Crippen LogP contribution in [0.5, 0.6) is 0 Å². The lowest BCUT2D eigenvalue weighted by atomic mass is 10.2. The molecule has 1 aromatic carbocycles. The van der Waals surface area contributed by atoms with Gasteiger partial charge in [-0.1, -0.05) is 0 Å². The van der Waals surface area contributed by atoms with Crippen LogP contribution in [0, 0.1) is 24.0 Å². The Kier molecular flexibility index (Phi) is 7.44. The molecule has 9 nitrogen and oxygen atoms in total. The number of amides is 1. The number of hydrogen-bond donors (Lipinski definition) is 1. The molecule has 148 valence electrons. The summed E-state index contributed by atoms with van der Waals surface area (Å²) in [7, 11) is 0. The van der Waals surface area contributed by atoms with E-state index in [-0.39, 0.29) is 18.2 Å². The van der Waals surface area contributed by atoms with Crippen LogP contribution in [0.1, 0.15) is 23.4 Å². The van der Waals surface area contributed by atoms with Gasteiger partial charge in [0.25, 0.3) is 11.6 Å². The van der Waals surface area contributed by atoms with Gasteiger partial charge < -0.3 is 10.1 Å². The summed E-state index contributed by atoms with van der Waals surface area (Å²) < 4.78 is 6.74. The van der Waals surface area contributed by atoms with Crippen LogP contribution in [0.25, 0.3) is 6.08 Å². The topological polar surface area (TPSA) is 116 Å². The molecule has 1 aromatic heterocycles. The highest BCUT2D eigenvalue weighted by molar-refractivity contribution is 5.89. The van der Waals surface area contributed by atoms with E-state index in [2.05, 4.69) is 10.4 Å². The summed E-state index contributed by atoms with van der Waals surface area (Å²) in [5, 5.41) is 17.6. The third-order valence-corrected chi connectivity index (χ3v) is 3.83. The van der Waals surface area contributed by atoms with Gasteiger partial charge in [0.2, 0.25) is 0 Å². The molecule has 2 aromatic rings. The molecule has 1 heterocycles. The van der Waals surface area contributed by atoms with Crippen LogP contribution in [0.4, 0.5) is 5.69 Å². The lowest BCUT2D eigenvalue weighted by molar-refractivity contribution is -0.384. The van der Waals surface area contributed by atoms with Crippen molar-refractivity contribution < 1.29 is 19.2 Å². The van der Waals surface area contributed by atoms with E-state index in [0.29, 0.717) is 25.1 Å². The van der Waals surface area contributed by atoms with Crippen molar-refractivity contribution in [1.82, 2.24) is 15.1 Å². The van der Waals surface area contributed by atoms with Crippen molar-refractivity contribution >= 4 is 23.6 Å². The summed E-state index contributed by atoms with van der Waals surface area (Å²) in [6.07, 6.45) is 3.33. The molecule has 0 saturated heterocycles. The number of non-ortho nitro benzene ring substituents is 1. The molecule has 0 saturated carbocycles. The number of carbonyl (C=O) groups is 2. The summed E-state index contributed by atoms with van der Waals surface area (Å²) in [5.41, 5.74) is 2.60. The molecule has 2 rings (SSSR count). The first-order valence-electron chi connectivity index (χ1n) is 8.72. The summed E-state index contributed by atoms with van der Waals surface area (Å²) in [4.78, 5) is 33.4. The number of nitro benzene ring substituents is 1. The van der Waals surface area contributed by atoms with Crippen molar-refractivity contribution in [2.45, 2.75) is 26.8 Å². The molecular weight excluding hydrogens is 364 g/mol. The number of esters is 1. The van der Waals surface area contributed by atoms with Crippen molar-refractivity contribution in [3.05, 3.63) is 63.5 Å². The molecule has 0 fully saturated rings. The number of rotatable bonds is 9. The second-order valence-corrected chi connectivity index (χ2v) is 6.14. The molecule has 9 heteroatoms. The highest BCUT2D eigenvalue weighted by Crippen LogP contribution is 2.12. The molecule has 0 radical (unpaired) electrons. The number of carbonyl (C=O) groups excluding carboxylic acids is 2. The summed E-state index contributed by atoms with van der Waals surface area (Å²) >= 11 is 0. The van der Waals surface area contributed by atoms with Gasteiger partial charge in [0.05, 0.1) is 10.6 Å². The van der Waals surface area contributed by atoms with Gasteiger partial charge in [0, 0.05) is 37.0 Å². The Balaban J connectivity index is 1.65. The Morgan fingerprint density at radius 1 is 1.29 bits per heavy atom. The van der Waals surface area contributed by atoms with Crippen molar-refractivity contribution in [1.29, 1.82) is 0 Å². The number of ether oxygens (including phenoxy) is 1. The lowest BCUT2D eigenvalue weighted by Crippen LogP contribution is -2.30. The standard InChI is InChI=1S/C19H22N4O5/c1-14-12-15(2)22(21-14)11-3-10-20-18(24)13-28-19(25)9-6-16-4-7-17(8-5-16)23(26)27/h4-9,12H,3,10-11,13H2,1-2H3,(H,20,24)/b9-6+. The maximum absolute atomic E-state index is 11.7. The van der Waals surface area contributed by atoms with Gasteiger partial charge in [-0.2, -0.15) is 5.10 Å². The summed E-state index contributed by atoms with van der Waals surface area (Å²) in [6.45, 7) is 4.67. The van der Waals surface area contributed by atoms with Crippen molar-refractivity contribution in [3.8, 4) is 0 Å². The first-order valence-corrected chi connectivity index (χ1v) is 8.72. The monoisotopic (exact) mass is 386 g/mol. The first kappa shape index (κ1) is 20.8. The van der Waals surface area contributed by atoms with Gasteiger partial charge in [-0.25, -0.2) is 4.79 Å². The molecule has 0 aliphatic rings. The fourth-order valence-corrected chi connectivity index (χ4v) is 2.47. The van der Waals surface area contributed by atoms with Crippen LogP contribution < -0.4 is 5.32 Å². The normalized spacial score (nSPS) is 10.8. The van der Waals surface area contributed by atoms with Crippen molar-refractivity contribution in [2.24, 2.45) is 0 Å². The minimum Gasteiger partial charge on any atom is -0.452 e. The number of benzene rings is 1.